The van der Waals surface area contributed by atoms with Gasteiger partial charge in [0.2, 0.25) is 5.82 Å². The summed E-state index contributed by atoms with van der Waals surface area (Å²) in [6.07, 6.45) is 0. The minimum absolute atomic E-state index is 0.0475. The van der Waals surface area contributed by atoms with E-state index in [-0.39, 0.29) is 18.2 Å². The van der Waals surface area contributed by atoms with Gasteiger partial charge in [0.15, 0.2) is 18.2 Å². The third-order valence-electron chi connectivity index (χ3n) is 1.75. The molecule has 0 radical (unpaired) electrons. The third kappa shape index (κ3) is 2.08. The fraction of sp³-hybridized carbons (Fsp3) is 0.111. The number of nitrogens with one attached hydrogen (secondary N) is 1. The summed E-state index contributed by atoms with van der Waals surface area (Å²) in [5.41, 5.74) is 0. The lowest BCUT2D eigenvalue weighted by molar-refractivity contribution is 0.245. The zero-order valence-corrected chi connectivity index (χ0v) is 7.87. The highest BCUT2D eigenvalue weighted by Gasteiger charge is 2.10. The molecule has 1 aromatic heterocycles. The molecular weight excluding hydrogens is 222 g/mol. The van der Waals surface area contributed by atoms with Gasteiger partial charge in [0.25, 0.3) is 5.89 Å². The van der Waals surface area contributed by atoms with Gasteiger partial charge in [-0.3, -0.25) is 0 Å². The zero-order chi connectivity index (χ0) is 11.5. The number of hydrogen-bond donors (Lipinski definition) is 1. The summed E-state index contributed by atoms with van der Waals surface area (Å²) < 4.78 is 35.2. The van der Waals surface area contributed by atoms with Crippen LogP contribution in [0, 0.1) is 11.6 Å². The van der Waals surface area contributed by atoms with Crippen molar-refractivity contribution in [1.29, 1.82) is 0 Å². The lowest BCUT2D eigenvalue weighted by Gasteiger charge is -2.04. The molecule has 0 aliphatic heterocycles. The van der Waals surface area contributed by atoms with Gasteiger partial charge in [-0.1, -0.05) is 6.07 Å². The largest absolute Gasteiger partial charge is 0.481 e. The Morgan fingerprint density at radius 1 is 1.44 bits per heavy atom. The van der Waals surface area contributed by atoms with Gasteiger partial charge in [0.1, 0.15) is 0 Å². The topological polar surface area (TPSA) is 68.1 Å². The number of aromatic nitrogens is 2. The quantitative estimate of drug-likeness (QED) is 0.857. The molecule has 2 aromatic rings. The van der Waals surface area contributed by atoms with E-state index >= 15 is 0 Å². The number of benzene rings is 1. The Kier molecular flexibility index (Phi) is 2.67. The number of ether oxygens (including phenoxy) is 1. The van der Waals surface area contributed by atoms with Gasteiger partial charge in [-0.05, 0) is 12.1 Å². The molecule has 0 aliphatic carbocycles. The van der Waals surface area contributed by atoms with E-state index in [1.54, 1.807) is 0 Å². The van der Waals surface area contributed by atoms with Crippen molar-refractivity contribution < 1.29 is 17.9 Å². The Labute approximate surface area is 87.7 Å². The molecule has 0 spiro atoms. The molecule has 0 aliphatic rings. The van der Waals surface area contributed by atoms with Crippen molar-refractivity contribution in [2.24, 2.45) is 0 Å². The second kappa shape index (κ2) is 4.13. The fourth-order valence-corrected chi connectivity index (χ4v) is 1.06. The van der Waals surface area contributed by atoms with Crippen molar-refractivity contribution in [3.05, 3.63) is 46.3 Å². The molecule has 1 heterocycles. The molecule has 0 bridgehead atoms. The van der Waals surface area contributed by atoms with Crippen LogP contribution in [0.1, 0.15) is 5.89 Å². The third-order valence-corrected chi connectivity index (χ3v) is 1.75. The molecule has 7 heteroatoms. The normalized spacial score (nSPS) is 10.4. The molecule has 0 unspecified atom stereocenters. The van der Waals surface area contributed by atoms with Crippen LogP contribution in [-0.4, -0.2) is 10.2 Å². The molecule has 0 saturated carbocycles. The average molecular weight is 228 g/mol. The highest BCUT2D eigenvalue weighted by Crippen LogP contribution is 2.19. The van der Waals surface area contributed by atoms with Crippen LogP contribution in [0.25, 0.3) is 0 Å². The Morgan fingerprint density at radius 2 is 2.25 bits per heavy atom. The first-order chi connectivity index (χ1) is 7.66. The van der Waals surface area contributed by atoms with Crippen LogP contribution >= 0.6 is 0 Å². The monoisotopic (exact) mass is 228 g/mol. The highest BCUT2D eigenvalue weighted by atomic mass is 19.2. The highest BCUT2D eigenvalue weighted by molar-refractivity contribution is 5.24. The predicted octanol–water partition coefficient (Wildman–Crippen LogP) is 1.22. The van der Waals surface area contributed by atoms with E-state index in [0.717, 1.165) is 6.07 Å². The number of hydrogen-bond acceptors (Lipinski definition) is 4. The second-order valence-corrected chi connectivity index (χ2v) is 2.85. The van der Waals surface area contributed by atoms with Crippen molar-refractivity contribution in [2.45, 2.75) is 6.61 Å². The van der Waals surface area contributed by atoms with E-state index in [2.05, 4.69) is 9.52 Å². The Bertz CT molecular complexity index is 550. The molecule has 0 atom stereocenters. The number of rotatable bonds is 3. The lowest BCUT2D eigenvalue weighted by atomic mass is 10.3. The summed E-state index contributed by atoms with van der Waals surface area (Å²) in [4.78, 5) is 10.5. The molecule has 0 saturated heterocycles. The molecule has 84 valence electrons. The van der Waals surface area contributed by atoms with Crippen LogP contribution in [0.5, 0.6) is 5.75 Å². The summed E-state index contributed by atoms with van der Waals surface area (Å²) in [6.45, 7) is -0.265. The van der Waals surface area contributed by atoms with Gasteiger partial charge in [-0.25, -0.2) is 14.3 Å². The SMILES string of the molecule is O=c1[nH]nc(COc2cccc(F)c2F)o1. The van der Waals surface area contributed by atoms with Crippen LogP contribution in [-0.2, 0) is 6.61 Å². The number of nitrogens with zero attached hydrogens (tertiary/aromatic N) is 1. The first-order valence-corrected chi connectivity index (χ1v) is 4.28. The smallest absolute Gasteiger partial charge is 0.434 e. The van der Waals surface area contributed by atoms with Crippen LogP contribution < -0.4 is 10.5 Å². The molecule has 5 nitrogen and oxygen atoms in total. The number of H-pyrrole nitrogens is 1. The predicted molar refractivity (Wildman–Crippen MR) is 47.8 cm³/mol. The molecule has 1 aromatic carbocycles. The van der Waals surface area contributed by atoms with Crippen LogP contribution in [0.4, 0.5) is 8.78 Å². The van der Waals surface area contributed by atoms with E-state index in [9.17, 15) is 13.6 Å². The Morgan fingerprint density at radius 3 is 2.94 bits per heavy atom. The minimum atomic E-state index is -1.10. The fourth-order valence-electron chi connectivity index (χ4n) is 1.06. The standard InChI is InChI=1S/C9H6F2N2O3/c10-5-2-1-3-6(8(5)11)15-4-7-12-13-9(14)16-7/h1-3H,4H2,(H,13,14). The van der Waals surface area contributed by atoms with E-state index in [0.29, 0.717) is 0 Å². The summed E-state index contributed by atoms with van der Waals surface area (Å²) in [5, 5.41) is 5.45. The van der Waals surface area contributed by atoms with Crippen LogP contribution in [0.15, 0.2) is 27.4 Å². The van der Waals surface area contributed by atoms with E-state index in [1.807, 2.05) is 5.10 Å². The summed E-state index contributed by atoms with van der Waals surface area (Å²) in [5.74, 6) is -3.17. The number of aromatic amines is 1. The van der Waals surface area contributed by atoms with Gasteiger partial charge < -0.3 is 9.15 Å². The van der Waals surface area contributed by atoms with E-state index < -0.39 is 17.4 Å². The van der Waals surface area contributed by atoms with Crippen molar-refractivity contribution >= 4 is 0 Å². The van der Waals surface area contributed by atoms with Crippen molar-refractivity contribution in [3.8, 4) is 5.75 Å². The van der Waals surface area contributed by atoms with Gasteiger partial charge in [0, 0.05) is 0 Å². The molecule has 2 rings (SSSR count). The minimum Gasteiger partial charge on any atom is -0.481 e. The average Bonchev–Trinajstić information content (AvgIpc) is 2.67. The van der Waals surface area contributed by atoms with Crippen molar-refractivity contribution in [1.82, 2.24) is 10.2 Å². The molecule has 16 heavy (non-hydrogen) atoms. The van der Waals surface area contributed by atoms with Gasteiger partial charge in [-0.2, -0.15) is 4.39 Å². The Balaban J connectivity index is 2.10. The van der Waals surface area contributed by atoms with Gasteiger partial charge in [-0.15, -0.1) is 5.10 Å². The first kappa shape index (κ1) is 10.3. The molecule has 0 amide bonds. The van der Waals surface area contributed by atoms with E-state index in [4.69, 9.17) is 4.74 Å². The van der Waals surface area contributed by atoms with Gasteiger partial charge in [0.05, 0.1) is 0 Å². The second-order valence-electron chi connectivity index (χ2n) is 2.85. The summed E-state index contributed by atoms with van der Waals surface area (Å²) in [7, 11) is 0. The van der Waals surface area contributed by atoms with Crippen LogP contribution in [0.3, 0.4) is 0 Å². The van der Waals surface area contributed by atoms with Gasteiger partial charge >= 0.3 is 5.76 Å². The lowest BCUT2D eigenvalue weighted by Crippen LogP contribution is -1.99. The maximum atomic E-state index is 13.1. The van der Waals surface area contributed by atoms with E-state index in [1.165, 1.54) is 12.1 Å². The summed E-state index contributed by atoms with van der Waals surface area (Å²) >= 11 is 0. The molecular formula is C9H6F2N2O3. The van der Waals surface area contributed by atoms with Crippen LogP contribution in [0.2, 0.25) is 0 Å². The molecule has 0 fully saturated rings. The van der Waals surface area contributed by atoms with Crippen molar-refractivity contribution in [3.63, 3.8) is 0 Å². The maximum Gasteiger partial charge on any atom is 0.434 e. The molecule has 1 N–H and O–H groups in total. The first-order valence-electron chi connectivity index (χ1n) is 4.28. The zero-order valence-electron chi connectivity index (χ0n) is 7.87. The maximum absolute atomic E-state index is 13.1. The number of halogens is 2. The Hall–Kier alpha value is -2.18. The summed E-state index contributed by atoms with van der Waals surface area (Å²) in [6, 6.07) is 3.52. The van der Waals surface area contributed by atoms with Crippen molar-refractivity contribution in [2.75, 3.05) is 0 Å².